The minimum absolute atomic E-state index is 0.108. The lowest BCUT2D eigenvalue weighted by Crippen LogP contribution is -2.49. The smallest absolute Gasteiger partial charge is 0.329 e. The number of hydrogen-bond acceptors (Lipinski definition) is 2. The summed E-state index contributed by atoms with van der Waals surface area (Å²) in [6, 6.07) is -0.742. The van der Waals surface area contributed by atoms with Crippen LogP contribution in [0.4, 0.5) is 18.0 Å². The van der Waals surface area contributed by atoms with Gasteiger partial charge in [0.15, 0.2) is 0 Å². The SMILES string of the molecule is CC(C)N(CC1CCNCC1)C(=O)NCC(F)(F)F. The maximum atomic E-state index is 12.1. The lowest BCUT2D eigenvalue weighted by Gasteiger charge is -2.33. The molecule has 112 valence electrons. The lowest BCUT2D eigenvalue weighted by atomic mass is 9.97. The average Bonchev–Trinajstić information content (AvgIpc) is 2.33. The van der Waals surface area contributed by atoms with Gasteiger partial charge in [0.2, 0.25) is 0 Å². The Morgan fingerprint density at radius 1 is 1.37 bits per heavy atom. The Morgan fingerprint density at radius 3 is 2.42 bits per heavy atom. The van der Waals surface area contributed by atoms with Crippen molar-refractivity contribution in [2.45, 2.75) is 38.9 Å². The van der Waals surface area contributed by atoms with E-state index in [1.165, 1.54) is 4.90 Å². The minimum atomic E-state index is -4.37. The van der Waals surface area contributed by atoms with Crippen molar-refractivity contribution in [1.82, 2.24) is 15.5 Å². The molecule has 0 spiro atoms. The zero-order valence-electron chi connectivity index (χ0n) is 11.4. The number of piperidine rings is 1. The topological polar surface area (TPSA) is 44.4 Å². The Morgan fingerprint density at radius 2 is 1.95 bits per heavy atom. The van der Waals surface area contributed by atoms with Gasteiger partial charge in [-0.2, -0.15) is 13.2 Å². The molecule has 0 bridgehead atoms. The molecule has 19 heavy (non-hydrogen) atoms. The van der Waals surface area contributed by atoms with Gasteiger partial charge < -0.3 is 15.5 Å². The number of amides is 2. The first-order chi connectivity index (χ1) is 8.79. The number of halogens is 3. The second kappa shape index (κ2) is 6.98. The number of urea groups is 1. The summed E-state index contributed by atoms with van der Waals surface area (Å²) >= 11 is 0. The van der Waals surface area contributed by atoms with Crippen LogP contribution in [0.1, 0.15) is 26.7 Å². The Bertz CT molecular complexity index is 288. The molecule has 0 radical (unpaired) electrons. The number of hydrogen-bond donors (Lipinski definition) is 2. The zero-order valence-corrected chi connectivity index (χ0v) is 11.4. The number of carbonyl (C=O) groups is 1. The predicted octanol–water partition coefficient (Wildman–Crippen LogP) is 1.97. The van der Waals surface area contributed by atoms with Gasteiger partial charge in [0.25, 0.3) is 0 Å². The van der Waals surface area contributed by atoms with Crippen molar-refractivity contribution in [2.75, 3.05) is 26.2 Å². The Kier molecular flexibility index (Phi) is 5.90. The van der Waals surface area contributed by atoms with Gasteiger partial charge in [0, 0.05) is 12.6 Å². The van der Waals surface area contributed by atoms with Crippen molar-refractivity contribution in [2.24, 2.45) is 5.92 Å². The Hall–Kier alpha value is -0.980. The molecule has 4 nitrogen and oxygen atoms in total. The fraction of sp³-hybridized carbons (Fsp3) is 0.917. The molecule has 1 saturated heterocycles. The van der Waals surface area contributed by atoms with Crippen molar-refractivity contribution < 1.29 is 18.0 Å². The van der Waals surface area contributed by atoms with Gasteiger partial charge in [-0.25, -0.2) is 4.79 Å². The molecule has 1 rings (SSSR count). The van der Waals surface area contributed by atoms with Gasteiger partial charge in [-0.3, -0.25) is 0 Å². The number of carbonyl (C=O) groups excluding carboxylic acids is 1. The second-order valence-corrected chi connectivity index (χ2v) is 5.21. The third-order valence-corrected chi connectivity index (χ3v) is 3.24. The van der Waals surface area contributed by atoms with Crippen molar-refractivity contribution in [1.29, 1.82) is 0 Å². The van der Waals surface area contributed by atoms with Gasteiger partial charge in [-0.1, -0.05) is 0 Å². The highest BCUT2D eigenvalue weighted by atomic mass is 19.4. The van der Waals surface area contributed by atoms with Gasteiger partial charge in [0.1, 0.15) is 6.54 Å². The highest BCUT2D eigenvalue weighted by molar-refractivity contribution is 5.74. The molecule has 1 fully saturated rings. The normalized spacial score (nSPS) is 17.6. The molecule has 0 aromatic carbocycles. The van der Waals surface area contributed by atoms with Crippen LogP contribution in [0.3, 0.4) is 0 Å². The van der Waals surface area contributed by atoms with E-state index in [-0.39, 0.29) is 6.04 Å². The molecule has 1 heterocycles. The van der Waals surface area contributed by atoms with E-state index in [4.69, 9.17) is 0 Å². The van der Waals surface area contributed by atoms with Crippen molar-refractivity contribution in [3.05, 3.63) is 0 Å². The molecule has 0 saturated carbocycles. The Labute approximate surface area is 111 Å². The summed E-state index contributed by atoms with van der Waals surface area (Å²) in [6.07, 6.45) is -2.46. The summed E-state index contributed by atoms with van der Waals surface area (Å²) in [4.78, 5) is 13.3. The van der Waals surface area contributed by atoms with E-state index in [9.17, 15) is 18.0 Å². The van der Waals surface area contributed by atoms with Gasteiger partial charge in [0.05, 0.1) is 0 Å². The highest BCUT2D eigenvalue weighted by Crippen LogP contribution is 2.16. The molecule has 0 aromatic heterocycles. The molecule has 0 atom stereocenters. The van der Waals surface area contributed by atoms with Crippen molar-refractivity contribution in [3.63, 3.8) is 0 Å². The molecule has 0 aliphatic carbocycles. The first-order valence-electron chi connectivity index (χ1n) is 6.61. The van der Waals surface area contributed by atoms with E-state index in [1.54, 1.807) is 0 Å². The first kappa shape index (κ1) is 16.1. The van der Waals surface area contributed by atoms with Crippen LogP contribution in [0.5, 0.6) is 0 Å². The van der Waals surface area contributed by atoms with E-state index < -0.39 is 18.8 Å². The van der Waals surface area contributed by atoms with Gasteiger partial charge >= 0.3 is 12.2 Å². The monoisotopic (exact) mass is 281 g/mol. The highest BCUT2D eigenvalue weighted by Gasteiger charge is 2.30. The molecule has 0 aromatic rings. The standard InChI is InChI=1S/C12H22F3N3O/c1-9(2)18(7-10-3-5-16-6-4-10)11(19)17-8-12(13,14)15/h9-10,16H,3-8H2,1-2H3,(H,17,19). The molecular formula is C12H22F3N3O. The molecule has 1 aliphatic heterocycles. The van der Waals surface area contributed by atoms with Crippen LogP contribution in [0.15, 0.2) is 0 Å². The van der Waals surface area contributed by atoms with E-state index in [1.807, 2.05) is 19.2 Å². The molecule has 0 unspecified atom stereocenters. The summed E-state index contributed by atoms with van der Waals surface area (Å²) in [5.74, 6) is 0.361. The van der Waals surface area contributed by atoms with Crippen LogP contribution in [0, 0.1) is 5.92 Å². The van der Waals surface area contributed by atoms with Crippen LogP contribution in [0.2, 0.25) is 0 Å². The predicted molar refractivity (Wildman–Crippen MR) is 66.9 cm³/mol. The third-order valence-electron chi connectivity index (χ3n) is 3.24. The van der Waals surface area contributed by atoms with Crippen LogP contribution < -0.4 is 10.6 Å². The lowest BCUT2D eigenvalue weighted by molar-refractivity contribution is -0.123. The molecule has 2 amide bonds. The number of nitrogens with one attached hydrogen (secondary N) is 2. The third kappa shape index (κ3) is 6.13. The van der Waals surface area contributed by atoms with E-state index in [0.29, 0.717) is 12.5 Å². The first-order valence-corrected chi connectivity index (χ1v) is 6.61. The summed E-state index contributed by atoms with van der Waals surface area (Å²) in [5.41, 5.74) is 0. The summed E-state index contributed by atoms with van der Waals surface area (Å²) in [6.45, 7) is 4.67. The largest absolute Gasteiger partial charge is 0.405 e. The van der Waals surface area contributed by atoms with Crippen LogP contribution in [-0.2, 0) is 0 Å². The Balaban J connectivity index is 2.48. The quantitative estimate of drug-likeness (QED) is 0.827. The van der Waals surface area contributed by atoms with Gasteiger partial charge in [-0.05, 0) is 45.7 Å². The van der Waals surface area contributed by atoms with Crippen molar-refractivity contribution >= 4 is 6.03 Å². The van der Waals surface area contributed by atoms with Crippen LogP contribution in [-0.4, -0.2) is 49.3 Å². The second-order valence-electron chi connectivity index (χ2n) is 5.21. The number of rotatable bonds is 4. The zero-order chi connectivity index (χ0) is 14.5. The molecular weight excluding hydrogens is 259 g/mol. The molecule has 7 heteroatoms. The number of nitrogens with zero attached hydrogens (tertiary/aromatic N) is 1. The maximum absolute atomic E-state index is 12.1. The minimum Gasteiger partial charge on any atom is -0.329 e. The fourth-order valence-corrected chi connectivity index (χ4v) is 2.15. The van der Waals surface area contributed by atoms with Crippen molar-refractivity contribution in [3.8, 4) is 0 Å². The van der Waals surface area contributed by atoms with Gasteiger partial charge in [-0.15, -0.1) is 0 Å². The van der Waals surface area contributed by atoms with Crippen LogP contribution in [0.25, 0.3) is 0 Å². The molecule has 1 aliphatic rings. The molecule has 2 N–H and O–H groups in total. The van der Waals surface area contributed by atoms with E-state index in [2.05, 4.69) is 5.32 Å². The summed E-state index contributed by atoms with van der Waals surface area (Å²) < 4.78 is 36.3. The summed E-state index contributed by atoms with van der Waals surface area (Å²) in [7, 11) is 0. The number of alkyl halides is 3. The van der Waals surface area contributed by atoms with E-state index in [0.717, 1.165) is 25.9 Å². The average molecular weight is 281 g/mol. The fourth-order valence-electron chi connectivity index (χ4n) is 2.15. The maximum Gasteiger partial charge on any atom is 0.405 e. The summed E-state index contributed by atoms with van der Waals surface area (Å²) in [5, 5.41) is 5.16. The van der Waals surface area contributed by atoms with Crippen LogP contribution >= 0.6 is 0 Å². The van der Waals surface area contributed by atoms with E-state index >= 15 is 0 Å².